The quantitative estimate of drug-likeness (QED) is 0.521. The van der Waals surface area contributed by atoms with Crippen molar-refractivity contribution in [2.45, 2.75) is 6.18 Å². The number of hydrogen-bond donors (Lipinski definition) is 0. The first-order valence-corrected chi connectivity index (χ1v) is 3.50. The van der Waals surface area contributed by atoms with Crippen molar-refractivity contribution in [3.05, 3.63) is 46.4 Å². The van der Waals surface area contributed by atoms with Crippen molar-refractivity contribution >= 4 is 5.69 Å². The van der Waals surface area contributed by atoms with E-state index in [1.54, 1.807) is 0 Å². The van der Waals surface area contributed by atoms with Gasteiger partial charge in [-0.15, -0.1) is 0 Å². The van der Waals surface area contributed by atoms with Crippen molar-refractivity contribution in [3.8, 4) is 0 Å². The van der Waals surface area contributed by atoms with Crippen molar-refractivity contribution in [2.75, 3.05) is 0 Å². The van der Waals surface area contributed by atoms with E-state index in [1.807, 2.05) is 0 Å². The molecule has 0 aliphatic carbocycles. The number of nitro benzene ring substituents is 1. The van der Waals surface area contributed by atoms with E-state index in [2.05, 4.69) is 6.92 Å². The van der Waals surface area contributed by atoms with Gasteiger partial charge in [-0.1, -0.05) is 6.07 Å². The maximum Gasteiger partial charge on any atom is 0.423 e. The van der Waals surface area contributed by atoms with Crippen molar-refractivity contribution in [3.63, 3.8) is 0 Å². The van der Waals surface area contributed by atoms with Gasteiger partial charge in [-0.2, -0.15) is 13.2 Å². The summed E-state index contributed by atoms with van der Waals surface area (Å²) in [7, 11) is 0. The molecular weight excluding hydrogens is 199 g/mol. The SMILES string of the molecule is [CH2]c1ccc([N+](=O)[O-])c(C(F)(F)F)c1. The highest BCUT2D eigenvalue weighted by Crippen LogP contribution is 2.36. The summed E-state index contributed by atoms with van der Waals surface area (Å²) < 4.78 is 36.8. The van der Waals surface area contributed by atoms with Crippen molar-refractivity contribution in [1.82, 2.24) is 0 Å². The van der Waals surface area contributed by atoms with Gasteiger partial charge in [0, 0.05) is 6.07 Å². The van der Waals surface area contributed by atoms with Crippen LogP contribution >= 0.6 is 0 Å². The van der Waals surface area contributed by atoms with Gasteiger partial charge in [-0.25, -0.2) is 0 Å². The monoisotopic (exact) mass is 204 g/mol. The smallest absolute Gasteiger partial charge is 0.258 e. The Labute approximate surface area is 77.3 Å². The van der Waals surface area contributed by atoms with Crippen LogP contribution < -0.4 is 0 Å². The Morgan fingerprint density at radius 2 is 1.93 bits per heavy atom. The van der Waals surface area contributed by atoms with Crippen LogP contribution in [0.3, 0.4) is 0 Å². The van der Waals surface area contributed by atoms with Gasteiger partial charge in [0.15, 0.2) is 0 Å². The Bertz CT molecular complexity index is 373. The molecule has 14 heavy (non-hydrogen) atoms. The van der Waals surface area contributed by atoms with E-state index in [1.165, 1.54) is 0 Å². The minimum absolute atomic E-state index is 0.0860. The Balaban J connectivity index is 3.38. The van der Waals surface area contributed by atoms with Gasteiger partial charge < -0.3 is 0 Å². The summed E-state index contributed by atoms with van der Waals surface area (Å²) in [6.07, 6.45) is -4.73. The second-order valence-electron chi connectivity index (χ2n) is 2.61. The molecule has 0 N–H and O–H groups in total. The molecule has 0 unspecified atom stereocenters. The van der Waals surface area contributed by atoms with Gasteiger partial charge in [-0.3, -0.25) is 10.1 Å². The first kappa shape index (κ1) is 10.5. The highest BCUT2D eigenvalue weighted by Gasteiger charge is 2.37. The second kappa shape index (κ2) is 3.28. The van der Waals surface area contributed by atoms with Gasteiger partial charge >= 0.3 is 6.18 Å². The van der Waals surface area contributed by atoms with Crippen LogP contribution in [0, 0.1) is 17.0 Å². The average molecular weight is 204 g/mol. The molecule has 0 heterocycles. The van der Waals surface area contributed by atoms with Crippen LogP contribution in [0.25, 0.3) is 0 Å². The van der Waals surface area contributed by atoms with E-state index >= 15 is 0 Å². The molecule has 0 amide bonds. The Kier molecular flexibility index (Phi) is 2.46. The number of benzene rings is 1. The number of rotatable bonds is 1. The molecule has 0 atom stereocenters. The molecule has 1 aromatic carbocycles. The fraction of sp³-hybridized carbons (Fsp3) is 0.125. The summed E-state index contributed by atoms with van der Waals surface area (Å²) in [5, 5.41) is 10.3. The van der Waals surface area contributed by atoms with E-state index in [9.17, 15) is 23.3 Å². The third-order valence-corrected chi connectivity index (χ3v) is 1.56. The van der Waals surface area contributed by atoms with Gasteiger partial charge in [0.2, 0.25) is 0 Å². The Morgan fingerprint density at radius 1 is 1.36 bits per heavy atom. The number of hydrogen-bond acceptors (Lipinski definition) is 2. The van der Waals surface area contributed by atoms with Crippen LogP contribution in [-0.2, 0) is 6.18 Å². The van der Waals surface area contributed by atoms with Gasteiger partial charge in [0.25, 0.3) is 5.69 Å². The van der Waals surface area contributed by atoms with Crippen LogP contribution in [0.1, 0.15) is 11.1 Å². The van der Waals surface area contributed by atoms with Crippen LogP contribution in [0.2, 0.25) is 0 Å². The molecule has 0 aliphatic heterocycles. The highest BCUT2D eigenvalue weighted by molar-refractivity contribution is 5.45. The molecule has 0 saturated heterocycles. The maximum absolute atomic E-state index is 12.3. The minimum Gasteiger partial charge on any atom is -0.258 e. The zero-order chi connectivity index (χ0) is 10.9. The summed E-state index contributed by atoms with van der Waals surface area (Å²) in [6, 6.07) is 2.61. The number of halogens is 3. The van der Waals surface area contributed by atoms with E-state index in [0.717, 1.165) is 12.1 Å². The summed E-state index contributed by atoms with van der Waals surface area (Å²) >= 11 is 0. The zero-order valence-corrected chi connectivity index (χ0v) is 6.84. The lowest BCUT2D eigenvalue weighted by Gasteiger charge is -2.07. The minimum atomic E-state index is -4.73. The van der Waals surface area contributed by atoms with Gasteiger partial charge in [0.05, 0.1) is 4.92 Å². The predicted molar refractivity (Wildman–Crippen MR) is 42.6 cm³/mol. The lowest BCUT2D eigenvalue weighted by atomic mass is 10.1. The molecule has 0 saturated carbocycles. The molecule has 1 aromatic rings. The van der Waals surface area contributed by atoms with Crippen molar-refractivity contribution < 1.29 is 18.1 Å². The normalized spacial score (nSPS) is 11.4. The topological polar surface area (TPSA) is 43.1 Å². The van der Waals surface area contributed by atoms with Gasteiger partial charge in [-0.05, 0) is 18.6 Å². The molecule has 0 aliphatic rings. The molecule has 0 spiro atoms. The maximum atomic E-state index is 12.3. The van der Waals surface area contributed by atoms with Gasteiger partial charge in [0.1, 0.15) is 5.56 Å². The molecule has 75 valence electrons. The third-order valence-electron chi connectivity index (χ3n) is 1.56. The highest BCUT2D eigenvalue weighted by atomic mass is 19.4. The summed E-state index contributed by atoms with van der Waals surface area (Å²) in [6.45, 7) is 3.27. The Morgan fingerprint density at radius 3 is 2.36 bits per heavy atom. The summed E-state index contributed by atoms with van der Waals surface area (Å²) in [5.41, 5.74) is -2.14. The molecular formula is C8H5F3NO2. The molecule has 0 bridgehead atoms. The van der Waals surface area contributed by atoms with Crippen LogP contribution in [0.15, 0.2) is 18.2 Å². The average Bonchev–Trinajstić information content (AvgIpc) is 2.01. The molecule has 3 nitrogen and oxygen atoms in total. The largest absolute Gasteiger partial charge is 0.423 e. The Hall–Kier alpha value is -1.59. The van der Waals surface area contributed by atoms with E-state index < -0.39 is 22.4 Å². The first-order valence-electron chi connectivity index (χ1n) is 3.50. The van der Waals surface area contributed by atoms with E-state index in [-0.39, 0.29) is 5.56 Å². The molecule has 6 heteroatoms. The van der Waals surface area contributed by atoms with Crippen molar-refractivity contribution in [2.24, 2.45) is 0 Å². The van der Waals surface area contributed by atoms with E-state index in [4.69, 9.17) is 0 Å². The fourth-order valence-corrected chi connectivity index (χ4v) is 0.969. The summed E-state index contributed by atoms with van der Waals surface area (Å²) in [5.74, 6) is 0. The number of nitro groups is 1. The van der Waals surface area contributed by atoms with Crippen LogP contribution in [0.4, 0.5) is 18.9 Å². The lowest BCUT2D eigenvalue weighted by molar-refractivity contribution is -0.388. The number of nitrogens with zero attached hydrogens (tertiary/aromatic N) is 1. The molecule has 1 radical (unpaired) electrons. The lowest BCUT2D eigenvalue weighted by Crippen LogP contribution is -2.09. The van der Waals surface area contributed by atoms with Crippen LogP contribution in [-0.4, -0.2) is 4.92 Å². The predicted octanol–water partition coefficient (Wildman–Crippen LogP) is 2.80. The number of alkyl halides is 3. The first-order chi connectivity index (χ1) is 6.32. The second-order valence-corrected chi connectivity index (χ2v) is 2.61. The molecule has 0 fully saturated rings. The zero-order valence-electron chi connectivity index (χ0n) is 6.84. The third kappa shape index (κ3) is 2.01. The standard InChI is InChI=1S/C8H5F3NO2/c1-5-2-3-7(12(13)14)6(4-5)8(9,10)11/h2-4H,1H2. The molecule has 1 rings (SSSR count). The summed E-state index contributed by atoms with van der Waals surface area (Å²) in [4.78, 5) is 9.20. The molecule has 0 aromatic heterocycles. The van der Waals surface area contributed by atoms with Crippen LogP contribution in [0.5, 0.6) is 0 Å². The van der Waals surface area contributed by atoms with E-state index in [0.29, 0.717) is 6.07 Å². The van der Waals surface area contributed by atoms with Crippen molar-refractivity contribution in [1.29, 1.82) is 0 Å². The fourth-order valence-electron chi connectivity index (χ4n) is 0.969.